The van der Waals surface area contributed by atoms with Crippen LogP contribution in [0.25, 0.3) is 5.69 Å². The Kier molecular flexibility index (Phi) is 5.77. The van der Waals surface area contributed by atoms with Crippen LogP contribution in [0.15, 0.2) is 60.8 Å². The Hall–Kier alpha value is -2.59. The normalized spacial score (nSPS) is 15.6. The van der Waals surface area contributed by atoms with Gasteiger partial charge in [-0.25, -0.2) is 4.68 Å². The molecular weight excluding hydrogens is 346 g/mol. The lowest BCUT2D eigenvalue weighted by Gasteiger charge is -2.19. The summed E-state index contributed by atoms with van der Waals surface area (Å²) in [6, 6.07) is 18.9. The second-order valence-corrected chi connectivity index (χ2v) is 7.67. The van der Waals surface area contributed by atoms with Gasteiger partial charge in [0.05, 0.1) is 18.0 Å². The molecule has 1 aliphatic carbocycles. The van der Waals surface area contributed by atoms with Crippen LogP contribution in [-0.4, -0.2) is 15.9 Å². The van der Waals surface area contributed by atoms with Crippen molar-refractivity contribution in [3.8, 4) is 11.4 Å². The molecule has 146 valence electrons. The third-order valence-corrected chi connectivity index (χ3v) is 5.68. The highest BCUT2D eigenvalue weighted by atomic mass is 16.5. The number of ether oxygens (including phenoxy) is 1. The molecule has 0 bridgehead atoms. The quantitative estimate of drug-likeness (QED) is 0.605. The highest BCUT2D eigenvalue weighted by molar-refractivity contribution is 5.36. The first-order chi connectivity index (χ1) is 13.7. The van der Waals surface area contributed by atoms with Crippen molar-refractivity contribution >= 4 is 0 Å². The first kappa shape index (κ1) is 18.8. The van der Waals surface area contributed by atoms with Gasteiger partial charge in [0.2, 0.25) is 0 Å². The molecule has 1 fully saturated rings. The summed E-state index contributed by atoms with van der Waals surface area (Å²) in [5.41, 5.74) is 4.70. The van der Waals surface area contributed by atoms with E-state index in [1.807, 2.05) is 29.1 Å². The van der Waals surface area contributed by atoms with E-state index in [1.165, 1.54) is 42.5 Å². The molecule has 0 aliphatic heterocycles. The van der Waals surface area contributed by atoms with Crippen LogP contribution in [0.5, 0.6) is 5.75 Å². The summed E-state index contributed by atoms with van der Waals surface area (Å²) < 4.78 is 8.28. The molecule has 0 radical (unpaired) electrons. The van der Waals surface area contributed by atoms with Crippen molar-refractivity contribution in [2.75, 3.05) is 0 Å². The Bertz CT molecular complexity index is 897. The minimum Gasteiger partial charge on any atom is -0.490 e. The first-order valence-electron chi connectivity index (χ1n) is 10.3. The van der Waals surface area contributed by atoms with Crippen molar-refractivity contribution in [2.45, 2.75) is 58.2 Å². The molecule has 4 heteroatoms. The van der Waals surface area contributed by atoms with Crippen molar-refractivity contribution in [3.63, 3.8) is 0 Å². The van der Waals surface area contributed by atoms with Gasteiger partial charge >= 0.3 is 0 Å². The lowest BCUT2D eigenvalue weighted by molar-refractivity contribution is 0.207. The van der Waals surface area contributed by atoms with Gasteiger partial charge in [0.15, 0.2) is 0 Å². The maximum Gasteiger partial charge on any atom is 0.124 e. The molecule has 0 amide bonds. The van der Waals surface area contributed by atoms with Crippen LogP contribution in [0.1, 0.15) is 55.5 Å². The van der Waals surface area contributed by atoms with Crippen LogP contribution < -0.4 is 10.1 Å². The fraction of sp³-hybridized carbons (Fsp3) is 0.375. The van der Waals surface area contributed by atoms with Crippen LogP contribution in [0.4, 0.5) is 0 Å². The Morgan fingerprint density at radius 3 is 2.57 bits per heavy atom. The standard InChI is InChI=1S/C24H29N3O/c1-18(23-17-26-27(19(23)2)21-11-4-3-5-12-21)25-16-20-10-6-9-15-24(20)28-22-13-7-8-14-22/h3-6,9-12,15,17-18,22,25H,7-8,13-14,16H2,1-2H3/t18-/m1/s1. The van der Waals surface area contributed by atoms with E-state index in [-0.39, 0.29) is 6.04 Å². The van der Waals surface area contributed by atoms with Gasteiger partial charge in [0.1, 0.15) is 5.75 Å². The zero-order valence-corrected chi connectivity index (χ0v) is 16.8. The largest absolute Gasteiger partial charge is 0.490 e. The number of benzene rings is 2. The predicted octanol–water partition coefficient (Wildman–Crippen LogP) is 5.35. The van der Waals surface area contributed by atoms with Gasteiger partial charge in [-0.2, -0.15) is 5.10 Å². The van der Waals surface area contributed by atoms with E-state index in [4.69, 9.17) is 4.74 Å². The maximum atomic E-state index is 6.27. The molecule has 0 spiro atoms. The Morgan fingerprint density at radius 1 is 1.07 bits per heavy atom. The van der Waals surface area contributed by atoms with E-state index in [1.54, 1.807) is 0 Å². The SMILES string of the molecule is Cc1c([C@@H](C)NCc2ccccc2OC2CCCC2)cnn1-c1ccccc1. The third-order valence-electron chi connectivity index (χ3n) is 5.68. The van der Waals surface area contributed by atoms with Crippen molar-refractivity contribution in [1.82, 2.24) is 15.1 Å². The molecule has 1 N–H and O–H groups in total. The maximum absolute atomic E-state index is 6.27. The van der Waals surface area contributed by atoms with Crippen molar-refractivity contribution in [2.24, 2.45) is 0 Å². The molecule has 3 aromatic rings. The first-order valence-corrected chi connectivity index (χ1v) is 10.3. The number of nitrogens with one attached hydrogen (secondary N) is 1. The van der Waals surface area contributed by atoms with Crippen molar-refractivity contribution < 1.29 is 4.74 Å². The molecular formula is C24H29N3O. The van der Waals surface area contributed by atoms with Gasteiger partial charge in [-0.05, 0) is 57.7 Å². The van der Waals surface area contributed by atoms with Crippen molar-refractivity contribution in [3.05, 3.63) is 77.6 Å². The zero-order chi connectivity index (χ0) is 19.3. The lowest BCUT2D eigenvalue weighted by Crippen LogP contribution is -2.20. The molecule has 4 rings (SSSR count). The van der Waals surface area contributed by atoms with E-state index in [0.717, 1.165) is 18.0 Å². The highest BCUT2D eigenvalue weighted by Gasteiger charge is 2.18. The molecule has 2 aromatic carbocycles. The van der Waals surface area contributed by atoms with E-state index in [0.29, 0.717) is 6.10 Å². The number of rotatable bonds is 7. The lowest BCUT2D eigenvalue weighted by atomic mass is 10.1. The summed E-state index contributed by atoms with van der Waals surface area (Å²) in [6.45, 7) is 5.10. The molecule has 1 aliphatic rings. The summed E-state index contributed by atoms with van der Waals surface area (Å²) in [4.78, 5) is 0. The molecule has 0 unspecified atom stereocenters. The molecule has 1 heterocycles. The molecule has 1 aromatic heterocycles. The summed E-state index contributed by atoms with van der Waals surface area (Å²) in [6.07, 6.45) is 7.27. The van der Waals surface area contributed by atoms with Gasteiger partial charge in [0.25, 0.3) is 0 Å². The Labute approximate surface area is 167 Å². The summed E-state index contributed by atoms with van der Waals surface area (Å²) >= 11 is 0. The topological polar surface area (TPSA) is 39.1 Å². The number of hydrogen-bond donors (Lipinski definition) is 1. The van der Waals surface area contributed by atoms with Gasteiger partial charge in [0, 0.05) is 29.4 Å². The zero-order valence-electron chi connectivity index (χ0n) is 16.8. The van der Waals surface area contributed by atoms with Gasteiger partial charge in [-0.1, -0.05) is 36.4 Å². The smallest absolute Gasteiger partial charge is 0.124 e. The average molecular weight is 376 g/mol. The molecule has 0 saturated heterocycles. The second-order valence-electron chi connectivity index (χ2n) is 7.67. The van der Waals surface area contributed by atoms with Crippen LogP contribution in [0.3, 0.4) is 0 Å². The minimum absolute atomic E-state index is 0.206. The van der Waals surface area contributed by atoms with Crippen LogP contribution >= 0.6 is 0 Å². The highest BCUT2D eigenvalue weighted by Crippen LogP contribution is 2.27. The third kappa shape index (κ3) is 4.12. The number of nitrogens with zero attached hydrogens (tertiary/aromatic N) is 2. The van der Waals surface area contributed by atoms with Crippen LogP contribution in [0.2, 0.25) is 0 Å². The van der Waals surface area contributed by atoms with E-state index >= 15 is 0 Å². The van der Waals surface area contributed by atoms with E-state index in [9.17, 15) is 0 Å². The van der Waals surface area contributed by atoms with Gasteiger partial charge < -0.3 is 10.1 Å². The average Bonchev–Trinajstić information content (AvgIpc) is 3.37. The molecule has 1 atom stereocenters. The van der Waals surface area contributed by atoms with Crippen molar-refractivity contribution in [1.29, 1.82) is 0 Å². The number of para-hydroxylation sites is 2. The van der Waals surface area contributed by atoms with Gasteiger partial charge in [-0.3, -0.25) is 0 Å². The summed E-state index contributed by atoms with van der Waals surface area (Å²) in [7, 11) is 0. The van der Waals surface area contributed by atoms with Crippen LogP contribution in [-0.2, 0) is 6.54 Å². The summed E-state index contributed by atoms with van der Waals surface area (Å²) in [5.74, 6) is 1.02. The predicted molar refractivity (Wildman–Crippen MR) is 113 cm³/mol. The van der Waals surface area contributed by atoms with E-state index in [2.05, 4.69) is 60.7 Å². The summed E-state index contributed by atoms with van der Waals surface area (Å²) in [5, 5.41) is 8.25. The molecule has 28 heavy (non-hydrogen) atoms. The molecule has 1 saturated carbocycles. The second kappa shape index (κ2) is 8.61. The molecule has 4 nitrogen and oxygen atoms in total. The fourth-order valence-electron chi connectivity index (χ4n) is 4.00. The Balaban J connectivity index is 1.44. The van der Waals surface area contributed by atoms with Gasteiger partial charge in [-0.15, -0.1) is 0 Å². The number of aromatic nitrogens is 2. The minimum atomic E-state index is 0.206. The fourth-order valence-corrected chi connectivity index (χ4v) is 4.00. The number of hydrogen-bond acceptors (Lipinski definition) is 3. The van der Waals surface area contributed by atoms with Crippen LogP contribution in [0, 0.1) is 6.92 Å². The Morgan fingerprint density at radius 2 is 1.79 bits per heavy atom. The monoisotopic (exact) mass is 375 g/mol. The van der Waals surface area contributed by atoms with E-state index < -0.39 is 0 Å².